The highest BCUT2D eigenvalue weighted by Crippen LogP contribution is 2.19. The largest absolute Gasteiger partial charge is 0.398 e. The number of nitrogen functional groups attached to an aromatic ring is 1. The number of aliphatic hydroxyl groups is 1. The molecule has 0 fully saturated rings. The molecule has 4 nitrogen and oxygen atoms in total. The molecule has 0 bridgehead atoms. The first-order valence-electron chi connectivity index (χ1n) is 5.82. The Balaban J connectivity index is 2.79. The van der Waals surface area contributed by atoms with Gasteiger partial charge in [0.2, 0.25) is 0 Å². The van der Waals surface area contributed by atoms with Gasteiger partial charge in [-0.05, 0) is 45.9 Å². The predicted molar refractivity (Wildman–Crippen MR) is 70.8 cm³/mol. The molecule has 0 amide bonds. The highest BCUT2D eigenvalue weighted by molar-refractivity contribution is 5.53. The zero-order chi connectivity index (χ0) is 13.2. The first-order chi connectivity index (χ1) is 7.70. The lowest BCUT2D eigenvalue weighted by atomic mass is 10.1. The SMILES string of the molecule is Cc1cnc(CN(C)CC(C)(C)O)c(C)c1N. The maximum absolute atomic E-state index is 9.75. The molecule has 4 heteroatoms. The fraction of sp³-hybridized carbons (Fsp3) is 0.615. The minimum atomic E-state index is -0.696. The Kier molecular flexibility index (Phi) is 4.11. The van der Waals surface area contributed by atoms with Crippen LogP contribution in [0.3, 0.4) is 0 Å². The Labute approximate surface area is 103 Å². The van der Waals surface area contributed by atoms with Gasteiger partial charge in [0.15, 0.2) is 0 Å². The number of nitrogens with zero attached hydrogens (tertiary/aromatic N) is 2. The van der Waals surface area contributed by atoms with E-state index < -0.39 is 5.60 Å². The van der Waals surface area contributed by atoms with Crippen LogP contribution >= 0.6 is 0 Å². The van der Waals surface area contributed by atoms with E-state index in [-0.39, 0.29) is 0 Å². The van der Waals surface area contributed by atoms with E-state index in [0.29, 0.717) is 13.1 Å². The van der Waals surface area contributed by atoms with Crippen LogP contribution < -0.4 is 5.73 Å². The molecule has 0 aliphatic carbocycles. The number of likely N-dealkylation sites (N-methyl/N-ethyl adjacent to an activating group) is 1. The number of anilines is 1. The quantitative estimate of drug-likeness (QED) is 0.832. The standard InChI is InChI=1S/C13H23N3O/c1-9-6-15-11(10(2)12(9)14)7-16(5)8-13(3,4)17/h6,17H,7-8H2,1-5H3,(H2,14,15). The first-order valence-corrected chi connectivity index (χ1v) is 5.82. The van der Waals surface area contributed by atoms with Crippen LogP contribution in [-0.2, 0) is 6.54 Å². The maximum Gasteiger partial charge on any atom is 0.0718 e. The number of nitrogens with two attached hydrogens (primary N) is 1. The van der Waals surface area contributed by atoms with Crippen molar-refractivity contribution in [3.8, 4) is 0 Å². The molecule has 0 spiro atoms. The summed E-state index contributed by atoms with van der Waals surface area (Å²) in [5.74, 6) is 0. The van der Waals surface area contributed by atoms with Crippen LogP contribution in [0.4, 0.5) is 5.69 Å². The Hall–Kier alpha value is -1.13. The zero-order valence-corrected chi connectivity index (χ0v) is 11.4. The molecular weight excluding hydrogens is 214 g/mol. The molecule has 0 saturated carbocycles. The summed E-state index contributed by atoms with van der Waals surface area (Å²) in [7, 11) is 1.97. The van der Waals surface area contributed by atoms with Crippen molar-refractivity contribution in [3.05, 3.63) is 23.0 Å². The number of aromatic nitrogens is 1. The van der Waals surface area contributed by atoms with Gasteiger partial charge >= 0.3 is 0 Å². The van der Waals surface area contributed by atoms with Gasteiger partial charge in [-0.2, -0.15) is 0 Å². The van der Waals surface area contributed by atoms with Crippen molar-refractivity contribution in [1.29, 1.82) is 0 Å². The normalized spacial score (nSPS) is 12.2. The minimum absolute atomic E-state index is 0.599. The molecule has 1 aromatic heterocycles. The molecule has 0 aliphatic heterocycles. The summed E-state index contributed by atoms with van der Waals surface area (Å²) in [5.41, 5.74) is 9.11. The Morgan fingerprint density at radius 1 is 1.41 bits per heavy atom. The Bertz CT molecular complexity index is 396. The number of hydrogen-bond acceptors (Lipinski definition) is 4. The van der Waals surface area contributed by atoms with Crippen molar-refractivity contribution in [1.82, 2.24) is 9.88 Å². The van der Waals surface area contributed by atoms with Crippen LogP contribution in [0.1, 0.15) is 30.7 Å². The highest BCUT2D eigenvalue weighted by Gasteiger charge is 2.17. The van der Waals surface area contributed by atoms with Gasteiger partial charge < -0.3 is 10.8 Å². The summed E-state index contributed by atoms with van der Waals surface area (Å²) in [5, 5.41) is 9.75. The van der Waals surface area contributed by atoms with Crippen LogP contribution in [0, 0.1) is 13.8 Å². The molecule has 96 valence electrons. The second-order valence-electron chi connectivity index (χ2n) is 5.41. The molecule has 1 heterocycles. The van der Waals surface area contributed by atoms with E-state index in [2.05, 4.69) is 4.98 Å². The van der Waals surface area contributed by atoms with Crippen molar-refractivity contribution in [3.63, 3.8) is 0 Å². The van der Waals surface area contributed by atoms with E-state index >= 15 is 0 Å². The van der Waals surface area contributed by atoms with Crippen molar-refractivity contribution >= 4 is 5.69 Å². The average molecular weight is 237 g/mol. The third-order valence-electron chi connectivity index (χ3n) is 2.75. The lowest BCUT2D eigenvalue weighted by Gasteiger charge is -2.25. The van der Waals surface area contributed by atoms with E-state index in [9.17, 15) is 5.11 Å². The highest BCUT2D eigenvalue weighted by atomic mass is 16.3. The lowest BCUT2D eigenvalue weighted by Crippen LogP contribution is -2.36. The molecule has 17 heavy (non-hydrogen) atoms. The molecular formula is C13H23N3O. The van der Waals surface area contributed by atoms with Gasteiger partial charge in [-0.15, -0.1) is 0 Å². The average Bonchev–Trinajstić information content (AvgIpc) is 2.16. The van der Waals surface area contributed by atoms with Gasteiger partial charge in [-0.3, -0.25) is 9.88 Å². The van der Waals surface area contributed by atoms with E-state index in [1.807, 2.05) is 25.8 Å². The van der Waals surface area contributed by atoms with Crippen LogP contribution in [-0.4, -0.2) is 34.2 Å². The second kappa shape index (κ2) is 5.02. The summed E-state index contributed by atoms with van der Waals surface area (Å²) >= 11 is 0. The van der Waals surface area contributed by atoms with E-state index in [1.54, 1.807) is 20.0 Å². The Morgan fingerprint density at radius 2 is 2.00 bits per heavy atom. The fourth-order valence-electron chi connectivity index (χ4n) is 1.92. The van der Waals surface area contributed by atoms with Gasteiger partial charge in [-0.1, -0.05) is 0 Å². The van der Waals surface area contributed by atoms with Gasteiger partial charge in [0.1, 0.15) is 0 Å². The minimum Gasteiger partial charge on any atom is -0.398 e. The molecule has 0 radical (unpaired) electrons. The molecule has 0 saturated heterocycles. The van der Waals surface area contributed by atoms with Gasteiger partial charge in [0, 0.05) is 25.0 Å². The van der Waals surface area contributed by atoms with E-state index in [1.165, 1.54) is 0 Å². The fourth-order valence-corrected chi connectivity index (χ4v) is 1.92. The van der Waals surface area contributed by atoms with Gasteiger partial charge in [-0.25, -0.2) is 0 Å². The number of aryl methyl sites for hydroxylation is 1. The first kappa shape index (κ1) is 13.9. The van der Waals surface area contributed by atoms with Crippen molar-refractivity contribution in [2.45, 2.75) is 39.8 Å². The van der Waals surface area contributed by atoms with Crippen molar-refractivity contribution < 1.29 is 5.11 Å². The molecule has 1 aromatic rings. The summed E-state index contributed by atoms with van der Waals surface area (Å²) in [6.45, 7) is 8.84. The summed E-state index contributed by atoms with van der Waals surface area (Å²) in [6, 6.07) is 0. The number of pyridine rings is 1. The van der Waals surface area contributed by atoms with Crippen LogP contribution in [0.5, 0.6) is 0 Å². The predicted octanol–water partition coefficient (Wildman–Crippen LogP) is 1.48. The third-order valence-corrected chi connectivity index (χ3v) is 2.75. The number of hydrogen-bond donors (Lipinski definition) is 2. The van der Waals surface area contributed by atoms with Crippen molar-refractivity contribution in [2.24, 2.45) is 0 Å². The van der Waals surface area contributed by atoms with Crippen LogP contribution in [0.2, 0.25) is 0 Å². The van der Waals surface area contributed by atoms with Gasteiger partial charge in [0.05, 0.1) is 11.3 Å². The number of rotatable bonds is 4. The van der Waals surface area contributed by atoms with E-state index in [4.69, 9.17) is 5.73 Å². The molecule has 1 rings (SSSR count). The van der Waals surface area contributed by atoms with Crippen molar-refractivity contribution in [2.75, 3.05) is 19.3 Å². The lowest BCUT2D eigenvalue weighted by molar-refractivity contribution is 0.0421. The zero-order valence-electron chi connectivity index (χ0n) is 11.4. The summed E-state index contributed by atoms with van der Waals surface area (Å²) < 4.78 is 0. The molecule has 0 unspecified atom stereocenters. The maximum atomic E-state index is 9.75. The molecule has 3 N–H and O–H groups in total. The monoisotopic (exact) mass is 237 g/mol. The molecule has 0 atom stereocenters. The summed E-state index contributed by atoms with van der Waals surface area (Å²) in [6.07, 6.45) is 1.80. The molecule has 0 aromatic carbocycles. The van der Waals surface area contributed by atoms with Crippen LogP contribution in [0.15, 0.2) is 6.20 Å². The van der Waals surface area contributed by atoms with E-state index in [0.717, 1.165) is 22.5 Å². The Morgan fingerprint density at radius 3 is 2.53 bits per heavy atom. The third kappa shape index (κ3) is 3.98. The van der Waals surface area contributed by atoms with Gasteiger partial charge in [0.25, 0.3) is 0 Å². The smallest absolute Gasteiger partial charge is 0.0718 e. The topological polar surface area (TPSA) is 62.4 Å². The second-order valence-corrected chi connectivity index (χ2v) is 5.41. The molecule has 0 aliphatic rings. The van der Waals surface area contributed by atoms with Crippen LogP contribution in [0.25, 0.3) is 0 Å². The summed E-state index contributed by atoms with van der Waals surface area (Å²) in [4.78, 5) is 6.45.